The number of rotatable bonds is 3. The van der Waals surface area contributed by atoms with Gasteiger partial charge >= 0.3 is 0 Å². The fraction of sp³-hybridized carbons (Fsp3) is 0.417. The van der Waals surface area contributed by atoms with E-state index in [9.17, 15) is 4.79 Å². The number of Topliss-reactive ketones (excluding diaryl/α,β-unsaturated/α-hetero) is 1. The van der Waals surface area contributed by atoms with Gasteiger partial charge in [0.05, 0.1) is 19.3 Å². The van der Waals surface area contributed by atoms with Crippen molar-refractivity contribution in [2.75, 3.05) is 13.7 Å². The Bertz CT molecular complexity index is 396. The van der Waals surface area contributed by atoms with Crippen LogP contribution in [0.25, 0.3) is 0 Å². The molecule has 0 atom stereocenters. The Morgan fingerprint density at radius 3 is 2.80 bits per heavy atom. The van der Waals surface area contributed by atoms with E-state index in [-0.39, 0.29) is 5.78 Å². The predicted octanol–water partition coefficient (Wildman–Crippen LogP) is 2.22. The lowest BCUT2D eigenvalue weighted by atomic mass is 10.1. The maximum absolute atomic E-state index is 11.7. The number of aryl methyl sites for hydroxylation is 1. The van der Waals surface area contributed by atoms with Gasteiger partial charge in [-0.1, -0.05) is 6.07 Å². The van der Waals surface area contributed by atoms with Gasteiger partial charge < -0.3 is 9.47 Å². The van der Waals surface area contributed by atoms with Crippen LogP contribution in [0, 0.1) is 0 Å². The predicted molar refractivity (Wildman–Crippen MR) is 56.8 cm³/mol. The van der Waals surface area contributed by atoms with Gasteiger partial charge in [-0.05, 0) is 25.0 Å². The normalized spacial score (nSPS) is 13.9. The summed E-state index contributed by atoms with van der Waals surface area (Å²) >= 11 is 0. The third-order valence-corrected chi connectivity index (χ3v) is 2.61. The van der Waals surface area contributed by atoms with E-state index >= 15 is 0 Å². The SMILES string of the molecule is CCOc1ccc2c(c1OC)C(=O)CC2. The molecule has 0 spiro atoms. The molecule has 80 valence electrons. The van der Waals surface area contributed by atoms with Gasteiger partial charge in [-0.25, -0.2) is 0 Å². The van der Waals surface area contributed by atoms with Crippen LogP contribution in [-0.4, -0.2) is 19.5 Å². The van der Waals surface area contributed by atoms with E-state index in [0.29, 0.717) is 30.1 Å². The Morgan fingerprint density at radius 1 is 1.33 bits per heavy atom. The van der Waals surface area contributed by atoms with Crippen molar-refractivity contribution in [2.24, 2.45) is 0 Å². The zero-order valence-corrected chi connectivity index (χ0v) is 9.00. The van der Waals surface area contributed by atoms with Gasteiger partial charge in [0.2, 0.25) is 0 Å². The lowest BCUT2D eigenvalue weighted by Gasteiger charge is -2.12. The highest BCUT2D eigenvalue weighted by atomic mass is 16.5. The van der Waals surface area contributed by atoms with E-state index in [1.165, 1.54) is 0 Å². The smallest absolute Gasteiger partial charge is 0.171 e. The number of benzene rings is 1. The van der Waals surface area contributed by atoms with Crippen LogP contribution >= 0.6 is 0 Å². The Hall–Kier alpha value is -1.51. The number of ether oxygens (including phenoxy) is 2. The molecule has 0 amide bonds. The molecule has 1 aliphatic carbocycles. The van der Waals surface area contributed by atoms with E-state index in [1.807, 2.05) is 19.1 Å². The molecular weight excluding hydrogens is 192 g/mol. The minimum absolute atomic E-state index is 0.156. The highest BCUT2D eigenvalue weighted by molar-refractivity contribution is 6.03. The fourth-order valence-corrected chi connectivity index (χ4v) is 1.96. The first-order valence-corrected chi connectivity index (χ1v) is 5.13. The number of carbonyl (C=O) groups is 1. The average Bonchev–Trinajstić information content (AvgIpc) is 2.61. The number of methoxy groups -OCH3 is 1. The number of fused-ring (bicyclic) bond motifs is 1. The number of hydrogen-bond acceptors (Lipinski definition) is 3. The first kappa shape index (κ1) is 10.0. The first-order chi connectivity index (χ1) is 7.27. The van der Waals surface area contributed by atoms with Crippen LogP contribution < -0.4 is 9.47 Å². The molecule has 3 heteroatoms. The molecule has 0 saturated heterocycles. The summed E-state index contributed by atoms with van der Waals surface area (Å²) in [5, 5.41) is 0. The second-order valence-electron chi connectivity index (χ2n) is 3.49. The summed E-state index contributed by atoms with van der Waals surface area (Å²) in [6.07, 6.45) is 1.40. The van der Waals surface area contributed by atoms with Gasteiger partial charge in [0.1, 0.15) is 0 Å². The molecule has 0 fully saturated rings. The second kappa shape index (κ2) is 3.93. The third kappa shape index (κ3) is 1.58. The Kier molecular flexibility index (Phi) is 2.62. The second-order valence-corrected chi connectivity index (χ2v) is 3.49. The van der Waals surface area contributed by atoms with E-state index in [1.54, 1.807) is 7.11 Å². The third-order valence-electron chi connectivity index (χ3n) is 2.61. The molecule has 1 aromatic rings. The molecule has 0 aliphatic heterocycles. The fourth-order valence-electron chi connectivity index (χ4n) is 1.96. The molecule has 0 unspecified atom stereocenters. The Morgan fingerprint density at radius 2 is 2.13 bits per heavy atom. The largest absolute Gasteiger partial charge is 0.492 e. The van der Waals surface area contributed by atoms with E-state index in [0.717, 1.165) is 12.0 Å². The van der Waals surface area contributed by atoms with Crippen molar-refractivity contribution in [2.45, 2.75) is 19.8 Å². The summed E-state index contributed by atoms with van der Waals surface area (Å²) in [5.74, 6) is 1.41. The Labute approximate surface area is 89.0 Å². The average molecular weight is 206 g/mol. The maximum Gasteiger partial charge on any atom is 0.171 e. The van der Waals surface area contributed by atoms with Gasteiger partial charge in [-0.3, -0.25) is 4.79 Å². The number of ketones is 1. The first-order valence-electron chi connectivity index (χ1n) is 5.13. The maximum atomic E-state index is 11.7. The molecule has 1 aliphatic rings. The van der Waals surface area contributed by atoms with Crippen molar-refractivity contribution in [1.29, 1.82) is 0 Å². The highest BCUT2D eigenvalue weighted by Crippen LogP contribution is 2.38. The van der Waals surface area contributed by atoms with Gasteiger partial charge in [0, 0.05) is 6.42 Å². The number of hydrogen-bond donors (Lipinski definition) is 0. The minimum Gasteiger partial charge on any atom is -0.492 e. The van der Waals surface area contributed by atoms with Crippen LogP contribution in [0.3, 0.4) is 0 Å². The van der Waals surface area contributed by atoms with Crippen molar-refractivity contribution in [1.82, 2.24) is 0 Å². The zero-order chi connectivity index (χ0) is 10.8. The quantitative estimate of drug-likeness (QED) is 0.760. The molecule has 0 saturated carbocycles. The van der Waals surface area contributed by atoms with Crippen molar-refractivity contribution in [3.8, 4) is 11.5 Å². The summed E-state index contributed by atoms with van der Waals surface area (Å²) < 4.78 is 10.7. The van der Waals surface area contributed by atoms with Crippen LogP contribution in [0.2, 0.25) is 0 Å². The molecule has 2 rings (SSSR count). The van der Waals surface area contributed by atoms with Crippen LogP contribution in [0.15, 0.2) is 12.1 Å². The topological polar surface area (TPSA) is 35.5 Å². The highest BCUT2D eigenvalue weighted by Gasteiger charge is 2.26. The summed E-state index contributed by atoms with van der Waals surface area (Å²) in [7, 11) is 1.57. The van der Waals surface area contributed by atoms with E-state index in [4.69, 9.17) is 9.47 Å². The van der Waals surface area contributed by atoms with Crippen molar-refractivity contribution in [3.05, 3.63) is 23.3 Å². The molecule has 0 radical (unpaired) electrons. The molecule has 0 heterocycles. The van der Waals surface area contributed by atoms with Crippen molar-refractivity contribution in [3.63, 3.8) is 0 Å². The number of carbonyl (C=O) groups excluding carboxylic acids is 1. The zero-order valence-electron chi connectivity index (χ0n) is 9.00. The van der Waals surface area contributed by atoms with Gasteiger partial charge in [0.25, 0.3) is 0 Å². The van der Waals surface area contributed by atoms with Crippen LogP contribution in [0.4, 0.5) is 0 Å². The minimum atomic E-state index is 0.156. The van der Waals surface area contributed by atoms with E-state index < -0.39 is 0 Å². The van der Waals surface area contributed by atoms with Crippen LogP contribution in [0.1, 0.15) is 29.3 Å². The standard InChI is InChI=1S/C12H14O3/c1-3-15-10-7-5-8-4-6-9(13)11(8)12(10)14-2/h5,7H,3-4,6H2,1-2H3. The van der Waals surface area contributed by atoms with Gasteiger partial charge in [-0.2, -0.15) is 0 Å². The molecule has 15 heavy (non-hydrogen) atoms. The molecule has 0 N–H and O–H groups in total. The van der Waals surface area contributed by atoms with E-state index in [2.05, 4.69) is 0 Å². The lowest BCUT2D eigenvalue weighted by Crippen LogP contribution is -2.01. The monoisotopic (exact) mass is 206 g/mol. The lowest BCUT2D eigenvalue weighted by molar-refractivity contribution is 0.0991. The van der Waals surface area contributed by atoms with Crippen LogP contribution in [-0.2, 0) is 6.42 Å². The summed E-state index contributed by atoms with van der Waals surface area (Å²) in [5.41, 5.74) is 1.78. The molecular formula is C12H14O3. The molecule has 0 bridgehead atoms. The van der Waals surface area contributed by atoms with Crippen LogP contribution in [0.5, 0.6) is 11.5 Å². The van der Waals surface area contributed by atoms with Gasteiger partial charge in [-0.15, -0.1) is 0 Å². The van der Waals surface area contributed by atoms with Crippen molar-refractivity contribution < 1.29 is 14.3 Å². The molecule has 0 aromatic heterocycles. The summed E-state index contributed by atoms with van der Waals surface area (Å²) in [4.78, 5) is 11.7. The Balaban J connectivity index is 2.53. The van der Waals surface area contributed by atoms with Gasteiger partial charge in [0.15, 0.2) is 17.3 Å². The summed E-state index contributed by atoms with van der Waals surface area (Å²) in [6.45, 7) is 2.48. The molecule has 3 nitrogen and oxygen atoms in total. The summed E-state index contributed by atoms with van der Waals surface area (Å²) in [6, 6.07) is 3.83. The molecule has 1 aromatic carbocycles. The van der Waals surface area contributed by atoms with Crippen molar-refractivity contribution >= 4 is 5.78 Å².